The number of hydrogen-bond donors (Lipinski definition) is 3. The number of carboxylic acids is 3. The van der Waals surface area contributed by atoms with Crippen LogP contribution in [0.15, 0.2) is 54.6 Å². The molecule has 0 spiro atoms. The Balaban J connectivity index is 0.000000518. The van der Waals surface area contributed by atoms with Gasteiger partial charge >= 0.3 is 44.1 Å². The Hall–Kier alpha value is -4.25. The standard InChI is InChI=1S/3C8H8O4.Bi/c3*1-12-6-4-2-3-5(7(6)9)8(10)11;/h3*2-4,9H,1H3,(H,10,11);/q;;;+3/p-3. The summed E-state index contributed by atoms with van der Waals surface area (Å²) in [5.41, 5.74) is -0.807. The van der Waals surface area contributed by atoms with Crippen molar-refractivity contribution >= 4 is 44.1 Å². The molecule has 0 aromatic heterocycles. The van der Waals surface area contributed by atoms with Crippen molar-refractivity contribution in [1.29, 1.82) is 0 Å². The van der Waals surface area contributed by atoms with Gasteiger partial charge in [-0.2, -0.15) is 0 Å². The molecule has 0 heterocycles. The van der Waals surface area contributed by atoms with E-state index in [1.54, 1.807) is 0 Å². The minimum Gasteiger partial charge on any atom is -0.869 e. The Labute approximate surface area is 230 Å². The van der Waals surface area contributed by atoms with Gasteiger partial charge < -0.3 is 44.8 Å². The summed E-state index contributed by atoms with van der Waals surface area (Å²) in [4.78, 5) is 31.3. The minimum atomic E-state index is -1.24. The number of ether oxygens (including phenoxy) is 3. The van der Waals surface area contributed by atoms with Crippen LogP contribution in [-0.4, -0.2) is 80.8 Å². The summed E-state index contributed by atoms with van der Waals surface area (Å²) in [6.45, 7) is 0. The number of methoxy groups -OCH3 is 3. The second-order valence-corrected chi connectivity index (χ2v) is 6.43. The van der Waals surface area contributed by atoms with Crippen molar-refractivity contribution in [3.8, 4) is 34.5 Å². The molecule has 3 rings (SSSR count). The predicted octanol–water partition coefficient (Wildman–Crippen LogP) is 1.02. The molecule has 0 atom stereocenters. The molecule has 3 aromatic carbocycles. The Bertz CT molecular complexity index is 1080. The third-order valence-electron chi connectivity index (χ3n) is 4.29. The van der Waals surface area contributed by atoms with Crippen molar-refractivity contribution < 1.29 is 59.2 Å². The Morgan fingerprint density at radius 2 is 0.757 bits per heavy atom. The van der Waals surface area contributed by atoms with Gasteiger partial charge in [-0.15, -0.1) is 0 Å². The molecule has 12 nitrogen and oxygen atoms in total. The zero-order valence-corrected chi connectivity index (χ0v) is 23.1. The number of para-hydroxylation sites is 3. The van der Waals surface area contributed by atoms with Gasteiger partial charge in [-0.25, -0.2) is 14.4 Å². The van der Waals surface area contributed by atoms with Crippen LogP contribution in [0.25, 0.3) is 0 Å². The molecule has 2 radical (unpaired) electrons. The first kappa shape index (κ1) is 32.8. The van der Waals surface area contributed by atoms with Crippen LogP contribution in [0.2, 0.25) is 0 Å². The summed E-state index contributed by atoms with van der Waals surface area (Å²) in [6, 6.07) is 12.4. The fourth-order valence-electron chi connectivity index (χ4n) is 2.53. The molecule has 13 heteroatoms. The number of carbonyl (C=O) groups is 3. The van der Waals surface area contributed by atoms with Crippen LogP contribution in [-0.2, 0) is 0 Å². The molecular weight excluding hydrogens is 689 g/mol. The van der Waals surface area contributed by atoms with E-state index >= 15 is 0 Å². The maximum atomic E-state index is 11.1. The molecule has 3 N–H and O–H groups in total. The zero-order chi connectivity index (χ0) is 27.4. The van der Waals surface area contributed by atoms with Gasteiger partial charge in [0.25, 0.3) is 0 Å². The fourth-order valence-corrected chi connectivity index (χ4v) is 2.53. The topological polar surface area (TPSA) is 209 Å². The number of rotatable bonds is 6. The van der Waals surface area contributed by atoms with Gasteiger partial charge in [0.2, 0.25) is 0 Å². The molecule has 0 aliphatic carbocycles. The second-order valence-electron chi connectivity index (χ2n) is 6.43. The average molecular weight is 710 g/mol. The zero-order valence-electron chi connectivity index (χ0n) is 19.7. The Morgan fingerprint density at radius 3 is 0.919 bits per heavy atom. The maximum Gasteiger partial charge on any atom is 3.00 e. The summed E-state index contributed by atoms with van der Waals surface area (Å²) in [5, 5.41) is 59.0. The van der Waals surface area contributed by atoms with Crippen LogP contribution >= 0.6 is 0 Å². The summed E-state index contributed by atoms with van der Waals surface area (Å²) in [6.07, 6.45) is 0. The maximum absolute atomic E-state index is 11.1. The smallest absolute Gasteiger partial charge is 0.869 e. The monoisotopic (exact) mass is 710 g/mol. The van der Waals surface area contributed by atoms with Crippen molar-refractivity contribution in [2.75, 3.05) is 21.3 Å². The molecule has 0 saturated carbocycles. The molecular formula is C24H21BiO12. The van der Waals surface area contributed by atoms with Crippen LogP contribution < -0.4 is 29.5 Å². The van der Waals surface area contributed by atoms with Crippen molar-refractivity contribution in [2.24, 2.45) is 0 Å². The van der Waals surface area contributed by atoms with Crippen LogP contribution in [0.5, 0.6) is 34.5 Å². The Kier molecular flexibility index (Phi) is 13.9. The van der Waals surface area contributed by atoms with E-state index in [4.69, 9.17) is 15.3 Å². The molecule has 0 fully saturated rings. The van der Waals surface area contributed by atoms with E-state index in [1.807, 2.05) is 0 Å². The van der Waals surface area contributed by atoms with Crippen LogP contribution in [0.4, 0.5) is 0 Å². The van der Waals surface area contributed by atoms with Crippen LogP contribution in [0.3, 0.4) is 0 Å². The fraction of sp³-hybridized carbons (Fsp3) is 0.125. The van der Waals surface area contributed by atoms with E-state index in [1.165, 1.54) is 75.9 Å². The first-order valence-electron chi connectivity index (χ1n) is 9.71. The number of benzene rings is 3. The summed E-state index contributed by atoms with van der Waals surface area (Å²) in [5.74, 6) is -5.33. The number of hydrogen-bond acceptors (Lipinski definition) is 9. The Morgan fingerprint density at radius 1 is 0.541 bits per heavy atom. The van der Waals surface area contributed by atoms with E-state index in [0.717, 1.165) is 0 Å². The van der Waals surface area contributed by atoms with Crippen molar-refractivity contribution in [3.05, 3.63) is 71.3 Å². The molecule has 194 valence electrons. The molecule has 0 bridgehead atoms. The second kappa shape index (κ2) is 15.7. The molecule has 0 aliphatic heterocycles. The third kappa shape index (κ3) is 9.04. The average Bonchev–Trinajstić information content (AvgIpc) is 2.84. The van der Waals surface area contributed by atoms with E-state index in [2.05, 4.69) is 14.2 Å². The molecule has 0 saturated heterocycles. The van der Waals surface area contributed by atoms with Gasteiger partial charge in [0.05, 0.1) is 38.0 Å². The van der Waals surface area contributed by atoms with Gasteiger partial charge in [0, 0.05) is 0 Å². The minimum absolute atomic E-state index is 0. The van der Waals surface area contributed by atoms with Crippen molar-refractivity contribution in [2.45, 2.75) is 0 Å². The third-order valence-corrected chi connectivity index (χ3v) is 4.29. The SMILES string of the molecule is COc1cccc(C(=O)O)c1[O-].COc1cccc(C(=O)O)c1[O-].COc1cccc(C(=O)O)c1[O-].[Bi+3]. The van der Waals surface area contributed by atoms with Gasteiger partial charge in [0.1, 0.15) is 17.2 Å². The first-order chi connectivity index (χ1) is 17.0. The molecule has 0 amide bonds. The summed E-state index contributed by atoms with van der Waals surface area (Å²) in [7, 11) is 3.97. The van der Waals surface area contributed by atoms with E-state index in [0.29, 0.717) is 0 Å². The normalized spacial score (nSPS) is 9.16. The van der Waals surface area contributed by atoms with E-state index in [-0.39, 0.29) is 60.1 Å². The van der Waals surface area contributed by atoms with E-state index in [9.17, 15) is 29.7 Å². The molecule has 0 aliphatic rings. The predicted molar refractivity (Wildman–Crippen MR) is 124 cm³/mol. The molecule has 0 unspecified atom stereocenters. The van der Waals surface area contributed by atoms with Gasteiger partial charge in [-0.3, -0.25) is 0 Å². The summed E-state index contributed by atoms with van der Waals surface area (Å²) < 4.78 is 14.0. The van der Waals surface area contributed by atoms with Crippen LogP contribution in [0.1, 0.15) is 31.1 Å². The number of carboxylic acid groups (broad SMARTS) is 3. The van der Waals surface area contributed by atoms with Crippen molar-refractivity contribution in [3.63, 3.8) is 0 Å². The van der Waals surface area contributed by atoms with Crippen LogP contribution in [0, 0.1) is 0 Å². The van der Waals surface area contributed by atoms with Gasteiger partial charge in [-0.05, 0) is 36.4 Å². The van der Waals surface area contributed by atoms with Gasteiger partial charge in [0.15, 0.2) is 0 Å². The van der Waals surface area contributed by atoms with Gasteiger partial charge in [-0.1, -0.05) is 35.4 Å². The quantitative estimate of drug-likeness (QED) is 0.307. The molecule has 37 heavy (non-hydrogen) atoms. The molecule has 3 aromatic rings. The largest absolute Gasteiger partial charge is 3.00 e. The van der Waals surface area contributed by atoms with Crippen molar-refractivity contribution in [1.82, 2.24) is 0 Å². The van der Waals surface area contributed by atoms with E-state index < -0.39 is 35.2 Å². The summed E-state index contributed by atoms with van der Waals surface area (Å²) >= 11 is 0. The first-order valence-corrected chi connectivity index (χ1v) is 9.71. The number of aromatic carboxylic acids is 3.